The van der Waals surface area contributed by atoms with Crippen LogP contribution in [-0.2, 0) is 4.74 Å². The van der Waals surface area contributed by atoms with Gasteiger partial charge in [0.1, 0.15) is 17.1 Å². The number of nitrogens with zero attached hydrogens (tertiary/aromatic N) is 2. The molecule has 9 heteroatoms. The molecule has 0 radical (unpaired) electrons. The Bertz CT molecular complexity index is 824. The van der Waals surface area contributed by atoms with Crippen molar-refractivity contribution in [2.75, 3.05) is 7.11 Å². The summed E-state index contributed by atoms with van der Waals surface area (Å²) in [7, 11) is 1.23. The van der Waals surface area contributed by atoms with Crippen molar-refractivity contribution < 1.29 is 19.6 Å². The molecule has 2 rings (SSSR count). The molecule has 0 heterocycles. The Labute approximate surface area is 147 Å². The Hall–Kier alpha value is -2.51. The third kappa shape index (κ3) is 3.52. The van der Waals surface area contributed by atoms with Crippen LogP contribution in [0.15, 0.2) is 35.5 Å². The molecule has 1 N–H and O–H groups in total. The lowest BCUT2D eigenvalue weighted by atomic mass is 10.1. The Morgan fingerprint density at radius 2 is 2.00 bits per heavy atom. The zero-order valence-electron chi connectivity index (χ0n) is 12.6. The van der Waals surface area contributed by atoms with Gasteiger partial charge in [-0.1, -0.05) is 23.2 Å². The number of nitro groups is 1. The van der Waals surface area contributed by atoms with Crippen molar-refractivity contribution >= 4 is 34.8 Å². The van der Waals surface area contributed by atoms with Gasteiger partial charge in [0.2, 0.25) is 0 Å². The molecule has 2 aromatic rings. The minimum atomic E-state index is -0.622. The molecule has 0 amide bonds. The Morgan fingerprint density at radius 1 is 1.29 bits per heavy atom. The van der Waals surface area contributed by atoms with Crippen molar-refractivity contribution in [1.82, 2.24) is 0 Å². The van der Waals surface area contributed by atoms with Crippen LogP contribution in [0.5, 0.6) is 11.5 Å². The fraction of sp³-hybridized carbons (Fsp3) is 0.133. The van der Waals surface area contributed by atoms with E-state index in [9.17, 15) is 10.1 Å². The number of nitro benzene ring substituents is 1. The van der Waals surface area contributed by atoms with Gasteiger partial charge in [-0.05, 0) is 35.8 Å². The van der Waals surface area contributed by atoms with E-state index in [1.807, 2.05) is 0 Å². The first-order chi connectivity index (χ1) is 11.4. The number of ether oxygens (including phenoxy) is 2. The average molecular weight is 371 g/mol. The number of benzene rings is 2. The van der Waals surface area contributed by atoms with Crippen molar-refractivity contribution in [2.24, 2.45) is 5.16 Å². The summed E-state index contributed by atoms with van der Waals surface area (Å²) in [5.74, 6) is 0.265. The predicted octanol–water partition coefficient (Wildman–Crippen LogP) is 4.78. The summed E-state index contributed by atoms with van der Waals surface area (Å²) in [6, 6.07) is 7.13. The highest BCUT2D eigenvalue weighted by Crippen LogP contribution is 2.36. The lowest BCUT2D eigenvalue weighted by molar-refractivity contribution is -0.385. The lowest BCUT2D eigenvalue weighted by Crippen LogP contribution is -2.07. The number of halogens is 2. The van der Waals surface area contributed by atoms with Gasteiger partial charge in [0, 0.05) is 17.2 Å². The number of hydrogen-bond donors (Lipinski definition) is 1. The maximum atomic E-state index is 11.1. The van der Waals surface area contributed by atoms with E-state index in [0.29, 0.717) is 21.4 Å². The summed E-state index contributed by atoms with van der Waals surface area (Å²) >= 11 is 12.2. The van der Waals surface area contributed by atoms with Crippen LogP contribution in [-0.4, -0.2) is 23.1 Å². The first-order valence-electron chi connectivity index (χ1n) is 6.56. The fourth-order valence-corrected chi connectivity index (χ4v) is 2.37. The first kappa shape index (κ1) is 17.8. The summed E-state index contributed by atoms with van der Waals surface area (Å²) in [5, 5.41) is 23.8. The third-order valence-electron chi connectivity index (χ3n) is 3.19. The Balaban J connectivity index is 2.48. The van der Waals surface area contributed by atoms with E-state index in [0.717, 1.165) is 0 Å². The second-order valence-electron chi connectivity index (χ2n) is 4.63. The van der Waals surface area contributed by atoms with Crippen LogP contribution in [0.25, 0.3) is 0 Å². The summed E-state index contributed by atoms with van der Waals surface area (Å²) < 4.78 is 10.5. The van der Waals surface area contributed by atoms with E-state index in [1.165, 1.54) is 25.3 Å². The molecule has 0 saturated heterocycles. The molecular weight excluding hydrogens is 359 g/mol. The van der Waals surface area contributed by atoms with E-state index in [4.69, 9.17) is 37.9 Å². The minimum absolute atomic E-state index is 0.0377. The second kappa shape index (κ2) is 7.37. The predicted molar refractivity (Wildman–Crippen MR) is 89.7 cm³/mol. The Morgan fingerprint density at radius 3 is 2.58 bits per heavy atom. The molecule has 24 heavy (non-hydrogen) atoms. The van der Waals surface area contributed by atoms with Crippen molar-refractivity contribution in [3.63, 3.8) is 0 Å². The fourth-order valence-electron chi connectivity index (χ4n) is 1.96. The Kier molecular flexibility index (Phi) is 5.48. The third-order valence-corrected chi connectivity index (χ3v) is 4.07. The first-order valence-corrected chi connectivity index (χ1v) is 7.32. The summed E-state index contributed by atoms with van der Waals surface area (Å²) in [4.78, 5) is 10.5. The highest BCUT2D eigenvalue weighted by Gasteiger charge is 2.21. The monoisotopic (exact) mass is 370 g/mol. The highest BCUT2D eigenvalue weighted by atomic mass is 35.5. The summed E-state index contributed by atoms with van der Waals surface area (Å²) in [6.07, 6.45) is 0. The molecule has 126 valence electrons. The molecule has 2 aromatic carbocycles. The van der Waals surface area contributed by atoms with Gasteiger partial charge >= 0.3 is 0 Å². The molecule has 0 spiro atoms. The second-order valence-corrected chi connectivity index (χ2v) is 5.42. The molecule has 0 aliphatic rings. The number of rotatable bonds is 4. The molecule has 0 saturated carbocycles. The van der Waals surface area contributed by atoms with Crippen LogP contribution >= 0.6 is 23.2 Å². The van der Waals surface area contributed by atoms with Gasteiger partial charge in [-0.25, -0.2) is 0 Å². The number of methoxy groups -OCH3 is 1. The molecule has 0 unspecified atom stereocenters. The van der Waals surface area contributed by atoms with E-state index < -0.39 is 4.92 Å². The van der Waals surface area contributed by atoms with Gasteiger partial charge in [0.25, 0.3) is 11.6 Å². The van der Waals surface area contributed by atoms with Gasteiger partial charge in [0.15, 0.2) is 0 Å². The van der Waals surface area contributed by atoms with Crippen molar-refractivity contribution in [3.05, 3.63) is 61.6 Å². The molecule has 0 aliphatic carbocycles. The maximum absolute atomic E-state index is 11.1. The van der Waals surface area contributed by atoms with E-state index in [-0.39, 0.29) is 22.9 Å². The zero-order valence-corrected chi connectivity index (χ0v) is 14.1. The molecule has 0 bridgehead atoms. The van der Waals surface area contributed by atoms with Gasteiger partial charge < -0.3 is 14.7 Å². The van der Waals surface area contributed by atoms with E-state index >= 15 is 0 Å². The summed E-state index contributed by atoms with van der Waals surface area (Å²) in [6.45, 7) is 1.74. The molecule has 0 aromatic heterocycles. The van der Waals surface area contributed by atoms with E-state index in [2.05, 4.69) is 5.16 Å². The number of hydrogen-bond acceptors (Lipinski definition) is 6. The van der Waals surface area contributed by atoms with Crippen molar-refractivity contribution in [2.45, 2.75) is 6.92 Å². The normalized spacial score (nSPS) is 11.2. The zero-order chi connectivity index (χ0) is 17.9. The van der Waals surface area contributed by atoms with Crippen LogP contribution in [0.4, 0.5) is 5.69 Å². The quantitative estimate of drug-likeness (QED) is 0.274. The molecular formula is C15H12Cl2N2O5. The smallest absolute Gasteiger partial charge is 0.282 e. The van der Waals surface area contributed by atoms with Crippen LogP contribution in [0, 0.1) is 17.0 Å². The van der Waals surface area contributed by atoms with Crippen LogP contribution in [0.2, 0.25) is 10.0 Å². The largest absolute Gasteiger partial charge is 0.478 e. The van der Waals surface area contributed by atoms with Crippen LogP contribution in [0.3, 0.4) is 0 Å². The lowest BCUT2D eigenvalue weighted by Gasteiger charge is -2.11. The van der Waals surface area contributed by atoms with Crippen molar-refractivity contribution in [3.8, 4) is 11.5 Å². The van der Waals surface area contributed by atoms with E-state index in [1.54, 1.807) is 19.1 Å². The highest BCUT2D eigenvalue weighted by molar-refractivity contribution is 6.36. The van der Waals surface area contributed by atoms with Crippen LogP contribution < -0.4 is 4.74 Å². The standard InChI is InChI=1S/C15H12Cl2N2O5/c1-8-11(16)4-6-13(14(8)17)24-9-3-5-12(19(21)22)10(7-9)15(18-20)23-2/h3-7,20H,1-2H3/b18-15-. The SMILES string of the molecule is CO/C(=N\O)c1cc(Oc2ccc(Cl)c(C)c2Cl)ccc1[N+](=O)[O-]. The molecule has 0 fully saturated rings. The van der Waals surface area contributed by atoms with Crippen LogP contribution in [0.1, 0.15) is 11.1 Å². The van der Waals surface area contributed by atoms with Gasteiger partial charge in [-0.2, -0.15) is 0 Å². The van der Waals surface area contributed by atoms with Gasteiger partial charge in [-0.15, -0.1) is 0 Å². The molecule has 0 aliphatic heterocycles. The minimum Gasteiger partial charge on any atom is -0.478 e. The van der Waals surface area contributed by atoms with Gasteiger partial charge in [0.05, 0.1) is 17.1 Å². The maximum Gasteiger partial charge on any atom is 0.282 e. The average Bonchev–Trinajstić information content (AvgIpc) is 2.56. The molecule has 7 nitrogen and oxygen atoms in total. The van der Waals surface area contributed by atoms with Gasteiger partial charge in [-0.3, -0.25) is 10.1 Å². The van der Waals surface area contributed by atoms with Crippen molar-refractivity contribution in [1.29, 1.82) is 0 Å². The summed E-state index contributed by atoms with van der Waals surface area (Å²) in [5.41, 5.74) is 0.312. The molecule has 0 atom stereocenters. The topological polar surface area (TPSA) is 94.2 Å². The number of oxime groups is 1.